The van der Waals surface area contributed by atoms with Gasteiger partial charge in [0.15, 0.2) is 0 Å². The van der Waals surface area contributed by atoms with Crippen LogP contribution in [0.5, 0.6) is 5.75 Å². The highest BCUT2D eigenvalue weighted by molar-refractivity contribution is 5.92. The number of rotatable bonds is 5. The van der Waals surface area contributed by atoms with E-state index in [1.54, 1.807) is 36.4 Å². The van der Waals surface area contributed by atoms with Crippen molar-refractivity contribution in [1.82, 2.24) is 4.90 Å². The van der Waals surface area contributed by atoms with E-state index >= 15 is 0 Å². The second-order valence-electron chi connectivity index (χ2n) is 6.05. The number of ether oxygens (including phenoxy) is 1. The average molecular weight is 344 g/mol. The topological polar surface area (TPSA) is 61.8 Å². The molecule has 0 radical (unpaired) electrons. The third-order valence-electron chi connectivity index (χ3n) is 4.17. The summed E-state index contributed by atoms with van der Waals surface area (Å²) in [6.07, 6.45) is -0.0354. The summed E-state index contributed by atoms with van der Waals surface area (Å²) in [5, 5.41) is 12.8. The van der Waals surface area contributed by atoms with Gasteiger partial charge in [-0.2, -0.15) is 0 Å². The quantitative estimate of drug-likeness (QED) is 0.819. The van der Waals surface area contributed by atoms with Crippen LogP contribution < -0.4 is 5.32 Å². The van der Waals surface area contributed by atoms with Crippen LogP contribution in [0.15, 0.2) is 42.5 Å². The number of phenolic OH excluding ortho intramolecular Hbond substituents is 1. The molecule has 5 nitrogen and oxygen atoms in total. The van der Waals surface area contributed by atoms with Gasteiger partial charge < -0.3 is 15.2 Å². The van der Waals surface area contributed by atoms with Crippen molar-refractivity contribution < 1.29 is 19.0 Å². The van der Waals surface area contributed by atoms with Gasteiger partial charge in [0.25, 0.3) is 0 Å². The Morgan fingerprint density at radius 3 is 2.68 bits per heavy atom. The second kappa shape index (κ2) is 8.09. The molecule has 0 bridgehead atoms. The molecule has 2 aromatic rings. The molecule has 1 aliphatic rings. The van der Waals surface area contributed by atoms with Gasteiger partial charge >= 0.3 is 0 Å². The molecule has 1 amide bonds. The van der Waals surface area contributed by atoms with Crippen LogP contribution >= 0.6 is 0 Å². The Morgan fingerprint density at radius 1 is 1.16 bits per heavy atom. The van der Waals surface area contributed by atoms with Crippen molar-refractivity contribution in [3.63, 3.8) is 0 Å². The van der Waals surface area contributed by atoms with Crippen LogP contribution in [0.3, 0.4) is 0 Å². The van der Waals surface area contributed by atoms with Crippen LogP contribution in [0, 0.1) is 5.82 Å². The van der Waals surface area contributed by atoms with Crippen LogP contribution in [0.25, 0.3) is 0 Å². The molecule has 25 heavy (non-hydrogen) atoms. The SMILES string of the molecule is O=C(Cc1ccccc1F)Nc1ccc(O)c(CN2CCOCC2)c1. The molecule has 1 heterocycles. The number of hydrogen-bond donors (Lipinski definition) is 2. The summed E-state index contributed by atoms with van der Waals surface area (Å²) in [4.78, 5) is 14.3. The van der Waals surface area contributed by atoms with E-state index in [0.717, 1.165) is 18.7 Å². The number of carbonyl (C=O) groups excluding carboxylic acids is 1. The van der Waals surface area contributed by atoms with Crippen molar-refractivity contribution in [2.45, 2.75) is 13.0 Å². The number of hydrogen-bond acceptors (Lipinski definition) is 4. The van der Waals surface area contributed by atoms with Crippen LogP contribution in [0.2, 0.25) is 0 Å². The number of morpholine rings is 1. The first kappa shape index (κ1) is 17.4. The molecule has 0 unspecified atom stereocenters. The summed E-state index contributed by atoms with van der Waals surface area (Å²) in [7, 11) is 0. The van der Waals surface area contributed by atoms with Crippen molar-refractivity contribution in [2.24, 2.45) is 0 Å². The van der Waals surface area contributed by atoms with Crippen molar-refractivity contribution in [3.05, 3.63) is 59.4 Å². The largest absolute Gasteiger partial charge is 0.508 e. The minimum atomic E-state index is -0.392. The summed E-state index contributed by atoms with van der Waals surface area (Å²) in [5.74, 6) is -0.497. The van der Waals surface area contributed by atoms with Crippen LogP contribution in [0.4, 0.5) is 10.1 Å². The average Bonchev–Trinajstić information content (AvgIpc) is 2.61. The lowest BCUT2D eigenvalue weighted by Crippen LogP contribution is -2.35. The van der Waals surface area contributed by atoms with Crippen molar-refractivity contribution >= 4 is 11.6 Å². The fraction of sp³-hybridized carbons (Fsp3) is 0.316. The third-order valence-corrected chi connectivity index (χ3v) is 4.17. The van der Waals surface area contributed by atoms with Gasteiger partial charge in [-0.25, -0.2) is 4.39 Å². The van der Waals surface area contributed by atoms with Crippen molar-refractivity contribution in [3.8, 4) is 5.75 Å². The van der Waals surface area contributed by atoms with Crippen LogP contribution in [-0.2, 0) is 22.5 Å². The first-order valence-corrected chi connectivity index (χ1v) is 8.27. The van der Waals surface area contributed by atoms with Gasteiger partial charge in [0, 0.05) is 30.9 Å². The lowest BCUT2D eigenvalue weighted by molar-refractivity contribution is -0.115. The molecule has 1 saturated heterocycles. The summed E-state index contributed by atoms with van der Waals surface area (Å²) >= 11 is 0. The number of anilines is 1. The van der Waals surface area contributed by atoms with Gasteiger partial charge in [-0.05, 0) is 29.8 Å². The molecule has 0 saturated carbocycles. The highest BCUT2D eigenvalue weighted by atomic mass is 19.1. The van der Waals surface area contributed by atoms with Gasteiger partial charge in [0.05, 0.1) is 19.6 Å². The van der Waals surface area contributed by atoms with Crippen LogP contribution in [-0.4, -0.2) is 42.2 Å². The lowest BCUT2D eigenvalue weighted by atomic mass is 10.1. The monoisotopic (exact) mass is 344 g/mol. The molecule has 0 aromatic heterocycles. The first-order valence-electron chi connectivity index (χ1n) is 8.27. The van der Waals surface area contributed by atoms with Gasteiger partial charge in [0.2, 0.25) is 5.91 Å². The predicted molar refractivity (Wildman–Crippen MR) is 92.9 cm³/mol. The standard InChI is InChI=1S/C19H21FN2O3/c20-17-4-2-1-3-14(17)12-19(24)21-16-5-6-18(23)15(11-16)13-22-7-9-25-10-8-22/h1-6,11,23H,7-10,12-13H2,(H,21,24). The number of nitrogens with one attached hydrogen (secondary N) is 1. The zero-order chi connectivity index (χ0) is 17.6. The van der Waals surface area contributed by atoms with Gasteiger partial charge in [0.1, 0.15) is 11.6 Å². The zero-order valence-corrected chi connectivity index (χ0v) is 13.9. The van der Waals surface area contributed by atoms with E-state index < -0.39 is 5.82 Å². The number of aromatic hydroxyl groups is 1. The molecule has 2 aromatic carbocycles. The zero-order valence-electron chi connectivity index (χ0n) is 13.9. The van der Waals surface area contributed by atoms with E-state index in [0.29, 0.717) is 31.0 Å². The Morgan fingerprint density at radius 2 is 1.92 bits per heavy atom. The number of halogens is 1. The Balaban J connectivity index is 1.65. The minimum Gasteiger partial charge on any atom is -0.508 e. The molecule has 132 valence electrons. The Kier molecular flexibility index (Phi) is 5.63. The Bertz CT molecular complexity index is 745. The van der Waals surface area contributed by atoms with E-state index in [1.165, 1.54) is 6.07 Å². The first-order chi connectivity index (χ1) is 12.1. The summed E-state index contributed by atoms with van der Waals surface area (Å²) < 4.78 is 19.0. The number of nitrogens with zero attached hydrogens (tertiary/aromatic N) is 1. The smallest absolute Gasteiger partial charge is 0.228 e. The van der Waals surface area contributed by atoms with Crippen molar-refractivity contribution in [1.29, 1.82) is 0 Å². The second-order valence-corrected chi connectivity index (χ2v) is 6.05. The third kappa shape index (κ3) is 4.78. The number of benzene rings is 2. The molecule has 0 spiro atoms. The van der Waals surface area contributed by atoms with Gasteiger partial charge in [-0.3, -0.25) is 9.69 Å². The highest BCUT2D eigenvalue weighted by Gasteiger charge is 2.14. The maximum absolute atomic E-state index is 13.6. The normalized spacial score (nSPS) is 15.1. The Labute approximate surface area is 146 Å². The molecule has 0 aliphatic carbocycles. The molecule has 0 atom stereocenters. The molecular weight excluding hydrogens is 323 g/mol. The number of carbonyl (C=O) groups is 1. The number of phenols is 1. The van der Waals surface area contributed by atoms with Crippen molar-refractivity contribution in [2.75, 3.05) is 31.6 Å². The highest BCUT2D eigenvalue weighted by Crippen LogP contribution is 2.23. The molecule has 1 aliphatic heterocycles. The van der Waals surface area contributed by atoms with E-state index in [4.69, 9.17) is 4.74 Å². The maximum Gasteiger partial charge on any atom is 0.228 e. The summed E-state index contributed by atoms with van der Waals surface area (Å²) in [6, 6.07) is 11.2. The van der Waals surface area contributed by atoms with E-state index in [9.17, 15) is 14.3 Å². The van der Waals surface area contributed by atoms with Crippen LogP contribution in [0.1, 0.15) is 11.1 Å². The fourth-order valence-corrected chi connectivity index (χ4v) is 2.81. The van der Waals surface area contributed by atoms with Gasteiger partial charge in [-0.15, -0.1) is 0 Å². The fourth-order valence-electron chi connectivity index (χ4n) is 2.81. The predicted octanol–water partition coefficient (Wildman–Crippen LogP) is 2.54. The van der Waals surface area contributed by atoms with E-state index in [-0.39, 0.29) is 18.1 Å². The molecule has 1 fully saturated rings. The van der Waals surface area contributed by atoms with Gasteiger partial charge in [-0.1, -0.05) is 18.2 Å². The Hall–Kier alpha value is -2.44. The summed E-state index contributed by atoms with van der Waals surface area (Å²) in [5.41, 5.74) is 1.68. The maximum atomic E-state index is 13.6. The molecule has 6 heteroatoms. The molecular formula is C19H21FN2O3. The summed E-state index contributed by atoms with van der Waals surface area (Å²) in [6.45, 7) is 3.57. The number of amides is 1. The van der Waals surface area contributed by atoms with E-state index in [1.807, 2.05) is 0 Å². The molecule has 2 N–H and O–H groups in total. The minimum absolute atomic E-state index is 0.0354. The lowest BCUT2D eigenvalue weighted by Gasteiger charge is -2.27. The molecule has 3 rings (SSSR count). The van der Waals surface area contributed by atoms with E-state index in [2.05, 4.69) is 10.2 Å².